The minimum atomic E-state index is -3.75. The molecule has 0 saturated carbocycles. The van der Waals surface area contributed by atoms with Crippen LogP contribution in [0.3, 0.4) is 0 Å². The van der Waals surface area contributed by atoms with Crippen molar-refractivity contribution in [3.05, 3.63) is 59.7 Å². The highest BCUT2D eigenvalue weighted by Crippen LogP contribution is 2.33. The molecule has 3 rings (SSSR count). The van der Waals surface area contributed by atoms with Gasteiger partial charge in [-0.1, -0.05) is 29.8 Å². The van der Waals surface area contributed by atoms with Crippen LogP contribution < -0.4 is 4.31 Å². The molecule has 1 aliphatic heterocycles. The lowest BCUT2D eigenvalue weighted by atomic mass is 10.0. The Morgan fingerprint density at radius 3 is 2.41 bits per heavy atom. The molecule has 22 heavy (non-hydrogen) atoms. The van der Waals surface area contributed by atoms with Crippen molar-refractivity contribution in [1.82, 2.24) is 0 Å². The van der Waals surface area contributed by atoms with Gasteiger partial charge in [0.25, 0.3) is 10.0 Å². The molecular formula is C16H14ClNO3S. The fourth-order valence-corrected chi connectivity index (χ4v) is 4.30. The van der Waals surface area contributed by atoms with Gasteiger partial charge in [0.1, 0.15) is 5.38 Å². The number of rotatable bonds is 2. The molecule has 0 amide bonds. The molecule has 6 heteroatoms. The molecule has 0 saturated heterocycles. The molecular weight excluding hydrogens is 322 g/mol. The summed E-state index contributed by atoms with van der Waals surface area (Å²) in [7, 11) is -3.75. The first-order valence-corrected chi connectivity index (χ1v) is 8.65. The van der Waals surface area contributed by atoms with Crippen LogP contribution in [0.15, 0.2) is 53.4 Å². The summed E-state index contributed by atoms with van der Waals surface area (Å²) in [6.45, 7) is 1.83. The highest BCUT2D eigenvalue weighted by Gasteiger charge is 2.36. The number of ketones is 1. The van der Waals surface area contributed by atoms with Gasteiger partial charge < -0.3 is 0 Å². The Morgan fingerprint density at radius 1 is 1.09 bits per heavy atom. The number of aryl methyl sites for hydroxylation is 1. The van der Waals surface area contributed by atoms with E-state index in [0.717, 1.165) is 5.56 Å². The quantitative estimate of drug-likeness (QED) is 0.793. The van der Waals surface area contributed by atoms with E-state index in [9.17, 15) is 13.2 Å². The summed E-state index contributed by atoms with van der Waals surface area (Å²) < 4.78 is 27.0. The van der Waals surface area contributed by atoms with E-state index in [4.69, 9.17) is 11.6 Å². The van der Waals surface area contributed by atoms with E-state index < -0.39 is 15.4 Å². The Bertz CT molecular complexity index is 831. The van der Waals surface area contributed by atoms with Gasteiger partial charge in [-0.05, 0) is 31.2 Å². The monoisotopic (exact) mass is 335 g/mol. The number of alkyl halides is 1. The maximum absolute atomic E-state index is 12.9. The summed E-state index contributed by atoms with van der Waals surface area (Å²) in [5.41, 5.74) is 1.69. The second-order valence-corrected chi connectivity index (χ2v) is 7.59. The Hall–Kier alpha value is -1.85. The van der Waals surface area contributed by atoms with Crippen molar-refractivity contribution >= 4 is 33.1 Å². The van der Waals surface area contributed by atoms with E-state index in [1.165, 1.54) is 4.31 Å². The van der Waals surface area contributed by atoms with E-state index >= 15 is 0 Å². The molecule has 0 bridgehead atoms. The predicted molar refractivity (Wildman–Crippen MR) is 86.1 cm³/mol. The van der Waals surface area contributed by atoms with Crippen molar-refractivity contribution in [1.29, 1.82) is 0 Å². The topological polar surface area (TPSA) is 54.5 Å². The Balaban J connectivity index is 2.13. The summed E-state index contributed by atoms with van der Waals surface area (Å²) in [5, 5.41) is -0.880. The summed E-state index contributed by atoms with van der Waals surface area (Å²) in [4.78, 5) is 12.3. The van der Waals surface area contributed by atoms with Gasteiger partial charge in [0.05, 0.1) is 17.1 Å². The number of Topliss-reactive ketones (excluding diaryl/α,β-unsaturated/α-hetero) is 1. The zero-order chi connectivity index (χ0) is 15.9. The first-order chi connectivity index (χ1) is 10.4. The zero-order valence-electron chi connectivity index (χ0n) is 11.9. The fourth-order valence-electron chi connectivity index (χ4n) is 2.46. The molecule has 2 aromatic rings. The summed E-state index contributed by atoms with van der Waals surface area (Å²) in [6, 6.07) is 13.2. The number of hydrogen-bond acceptors (Lipinski definition) is 3. The number of carbonyl (C=O) groups is 1. The Morgan fingerprint density at radius 2 is 1.73 bits per heavy atom. The largest absolute Gasteiger partial charge is 0.292 e. The lowest BCUT2D eigenvalue weighted by molar-refractivity contribution is 0.0986. The molecule has 0 fully saturated rings. The fraction of sp³-hybridized carbons (Fsp3) is 0.188. The van der Waals surface area contributed by atoms with Gasteiger partial charge in [0, 0.05) is 5.56 Å². The van der Waals surface area contributed by atoms with Crippen LogP contribution in [0.4, 0.5) is 5.69 Å². The molecule has 1 heterocycles. The molecule has 1 aliphatic rings. The molecule has 2 aromatic carbocycles. The highest BCUT2D eigenvalue weighted by molar-refractivity contribution is 7.92. The molecule has 0 unspecified atom stereocenters. The van der Waals surface area contributed by atoms with Gasteiger partial charge in [0.15, 0.2) is 5.78 Å². The number of halogens is 1. The van der Waals surface area contributed by atoms with E-state index in [-0.39, 0.29) is 17.2 Å². The van der Waals surface area contributed by atoms with Crippen molar-refractivity contribution in [2.45, 2.75) is 17.2 Å². The first kappa shape index (κ1) is 15.1. The summed E-state index contributed by atoms with van der Waals surface area (Å²) in [5.74, 6) is -0.243. The van der Waals surface area contributed by atoms with Crippen LogP contribution in [0.1, 0.15) is 15.9 Å². The summed E-state index contributed by atoms with van der Waals surface area (Å²) >= 11 is 6.05. The van der Waals surface area contributed by atoms with Crippen molar-refractivity contribution in [2.24, 2.45) is 0 Å². The zero-order valence-corrected chi connectivity index (χ0v) is 13.4. The second-order valence-electron chi connectivity index (χ2n) is 5.20. The van der Waals surface area contributed by atoms with Crippen LogP contribution in [-0.2, 0) is 10.0 Å². The second kappa shape index (κ2) is 5.41. The van der Waals surface area contributed by atoms with Crippen molar-refractivity contribution in [3.8, 4) is 0 Å². The third-order valence-corrected chi connectivity index (χ3v) is 5.79. The van der Waals surface area contributed by atoms with Crippen LogP contribution in [0, 0.1) is 6.92 Å². The minimum absolute atomic E-state index is 0.0619. The number of sulfonamides is 1. The summed E-state index contributed by atoms with van der Waals surface area (Å²) in [6.07, 6.45) is 0. The third-order valence-electron chi connectivity index (χ3n) is 3.66. The maximum Gasteiger partial charge on any atom is 0.264 e. The van der Waals surface area contributed by atoms with E-state index in [2.05, 4.69) is 0 Å². The van der Waals surface area contributed by atoms with Crippen LogP contribution in [0.5, 0.6) is 0 Å². The average Bonchev–Trinajstić information content (AvgIpc) is 2.51. The SMILES string of the molecule is Cc1ccc(S(=O)(=O)N2C[C@@H](Cl)C(=O)c3ccccc32)cc1. The normalized spacial score (nSPS) is 18.2. The first-order valence-electron chi connectivity index (χ1n) is 6.78. The van der Waals surface area contributed by atoms with Crippen molar-refractivity contribution in [2.75, 3.05) is 10.8 Å². The maximum atomic E-state index is 12.9. The van der Waals surface area contributed by atoms with Gasteiger partial charge in [-0.2, -0.15) is 0 Å². The van der Waals surface area contributed by atoms with E-state index in [1.807, 2.05) is 6.92 Å². The molecule has 114 valence electrons. The number of para-hydroxylation sites is 1. The molecule has 0 spiro atoms. The van der Waals surface area contributed by atoms with Crippen LogP contribution >= 0.6 is 11.6 Å². The van der Waals surface area contributed by atoms with Gasteiger partial charge in [-0.3, -0.25) is 9.10 Å². The number of hydrogen-bond donors (Lipinski definition) is 0. The number of benzene rings is 2. The number of carbonyl (C=O) groups excluding carboxylic acids is 1. The van der Waals surface area contributed by atoms with Gasteiger partial charge >= 0.3 is 0 Å². The molecule has 4 nitrogen and oxygen atoms in total. The van der Waals surface area contributed by atoms with Crippen LogP contribution in [0.25, 0.3) is 0 Å². The smallest absolute Gasteiger partial charge is 0.264 e. The number of nitrogens with zero attached hydrogens (tertiary/aromatic N) is 1. The number of anilines is 1. The molecule has 0 aliphatic carbocycles. The van der Waals surface area contributed by atoms with E-state index in [1.54, 1.807) is 48.5 Å². The molecule has 0 N–H and O–H groups in total. The van der Waals surface area contributed by atoms with Crippen molar-refractivity contribution in [3.63, 3.8) is 0 Å². The Labute approximate surface area is 134 Å². The van der Waals surface area contributed by atoms with Crippen LogP contribution in [-0.4, -0.2) is 26.1 Å². The van der Waals surface area contributed by atoms with Crippen molar-refractivity contribution < 1.29 is 13.2 Å². The number of fused-ring (bicyclic) bond motifs is 1. The van der Waals surface area contributed by atoms with E-state index in [0.29, 0.717) is 11.3 Å². The van der Waals surface area contributed by atoms with Crippen LogP contribution in [0.2, 0.25) is 0 Å². The molecule has 1 atom stereocenters. The minimum Gasteiger partial charge on any atom is -0.292 e. The Kier molecular flexibility index (Phi) is 3.70. The van der Waals surface area contributed by atoms with Gasteiger partial charge in [-0.15, -0.1) is 11.6 Å². The third kappa shape index (κ3) is 2.40. The standard InChI is InChI=1S/C16H14ClNO3S/c1-11-6-8-12(9-7-11)22(20,21)18-10-14(17)16(19)13-4-2-3-5-15(13)18/h2-9,14H,10H2,1H3/t14-/m1/s1. The average molecular weight is 336 g/mol. The predicted octanol–water partition coefficient (Wildman–Crippen LogP) is 2.99. The molecule has 0 aromatic heterocycles. The van der Waals surface area contributed by atoms with Gasteiger partial charge in [0.2, 0.25) is 0 Å². The highest BCUT2D eigenvalue weighted by atomic mass is 35.5. The molecule has 0 radical (unpaired) electrons. The lowest BCUT2D eigenvalue weighted by Gasteiger charge is -2.32. The van der Waals surface area contributed by atoms with Gasteiger partial charge in [-0.25, -0.2) is 8.42 Å². The lowest BCUT2D eigenvalue weighted by Crippen LogP contribution is -2.43.